The molecule has 0 radical (unpaired) electrons. The van der Waals surface area contributed by atoms with E-state index >= 15 is 0 Å². The summed E-state index contributed by atoms with van der Waals surface area (Å²) in [4.78, 5) is 4.04. The number of hydrogen-bond donors (Lipinski definition) is 1. The molecule has 2 unspecified atom stereocenters. The summed E-state index contributed by atoms with van der Waals surface area (Å²) in [7, 11) is 0. The predicted molar refractivity (Wildman–Crippen MR) is 74.7 cm³/mol. The lowest BCUT2D eigenvalue weighted by molar-refractivity contribution is 0.430. The van der Waals surface area contributed by atoms with E-state index in [2.05, 4.69) is 40.8 Å². The van der Waals surface area contributed by atoms with Crippen LogP contribution in [0, 0.1) is 0 Å². The molecule has 0 aliphatic carbocycles. The van der Waals surface area contributed by atoms with Gasteiger partial charge in [-0.3, -0.25) is 0 Å². The van der Waals surface area contributed by atoms with Crippen molar-refractivity contribution in [3.05, 3.63) is 53.6 Å². The molecule has 0 saturated carbocycles. The van der Waals surface area contributed by atoms with E-state index < -0.39 is 0 Å². The first-order chi connectivity index (χ1) is 8.65. The van der Waals surface area contributed by atoms with Crippen molar-refractivity contribution in [3.8, 4) is 0 Å². The number of halogens is 1. The van der Waals surface area contributed by atoms with Gasteiger partial charge < -0.3 is 9.88 Å². The number of hydrogen-bond acceptors (Lipinski definition) is 2. The van der Waals surface area contributed by atoms with Crippen molar-refractivity contribution < 1.29 is 0 Å². The molecule has 2 aromatic rings. The first-order valence-electron chi connectivity index (χ1n) is 6.12. The van der Waals surface area contributed by atoms with Gasteiger partial charge in [0.05, 0.1) is 6.33 Å². The highest BCUT2D eigenvalue weighted by atomic mass is 35.5. The standard InChI is InChI=1S/C14H18ClN3/c1-11(9-18-8-7-16-10-18)17-12(2)13-3-5-14(15)6-4-13/h3-8,10-12,17H,9H2,1-2H3. The minimum Gasteiger partial charge on any atom is -0.336 e. The molecule has 1 aromatic heterocycles. The second-order valence-electron chi connectivity index (χ2n) is 4.60. The van der Waals surface area contributed by atoms with Gasteiger partial charge in [-0.2, -0.15) is 0 Å². The van der Waals surface area contributed by atoms with E-state index in [0.717, 1.165) is 11.6 Å². The molecule has 2 atom stereocenters. The van der Waals surface area contributed by atoms with E-state index in [4.69, 9.17) is 11.6 Å². The van der Waals surface area contributed by atoms with E-state index in [1.807, 2.05) is 24.7 Å². The third-order valence-corrected chi connectivity index (χ3v) is 3.20. The van der Waals surface area contributed by atoms with Gasteiger partial charge in [0.25, 0.3) is 0 Å². The van der Waals surface area contributed by atoms with Crippen LogP contribution in [0.25, 0.3) is 0 Å². The Labute approximate surface area is 113 Å². The molecule has 0 aliphatic rings. The van der Waals surface area contributed by atoms with Gasteiger partial charge in [0.1, 0.15) is 0 Å². The minimum absolute atomic E-state index is 0.306. The molecule has 2 rings (SSSR count). The van der Waals surface area contributed by atoms with Gasteiger partial charge in [-0.1, -0.05) is 23.7 Å². The summed E-state index contributed by atoms with van der Waals surface area (Å²) in [6.45, 7) is 5.25. The Bertz CT molecular complexity index is 464. The first-order valence-corrected chi connectivity index (χ1v) is 6.50. The number of imidazole rings is 1. The van der Waals surface area contributed by atoms with Crippen molar-refractivity contribution in [1.29, 1.82) is 0 Å². The normalized spacial score (nSPS) is 14.4. The number of nitrogens with zero attached hydrogens (tertiary/aromatic N) is 2. The summed E-state index contributed by atoms with van der Waals surface area (Å²) in [6.07, 6.45) is 5.62. The van der Waals surface area contributed by atoms with Crippen LogP contribution in [-0.4, -0.2) is 15.6 Å². The number of nitrogens with one attached hydrogen (secondary N) is 1. The summed E-state index contributed by atoms with van der Waals surface area (Å²) < 4.78 is 2.08. The second-order valence-corrected chi connectivity index (χ2v) is 5.04. The van der Waals surface area contributed by atoms with Crippen LogP contribution in [-0.2, 0) is 6.54 Å². The lowest BCUT2D eigenvalue weighted by Crippen LogP contribution is -2.32. The van der Waals surface area contributed by atoms with Gasteiger partial charge in [0.2, 0.25) is 0 Å². The second kappa shape index (κ2) is 6.03. The van der Waals surface area contributed by atoms with E-state index in [1.165, 1.54) is 5.56 Å². The molecule has 4 heteroatoms. The molecule has 18 heavy (non-hydrogen) atoms. The maximum atomic E-state index is 5.89. The summed E-state index contributed by atoms with van der Waals surface area (Å²) in [5, 5.41) is 4.34. The summed E-state index contributed by atoms with van der Waals surface area (Å²) >= 11 is 5.89. The van der Waals surface area contributed by atoms with E-state index in [0.29, 0.717) is 12.1 Å². The Morgan fingerprint density at radius 3 is 2.61 bits per heavy atom. The van der Waals surface area contributed by atoms with Crippen LogP contribution in [0.4, 0.5) is 0 Å². The Balaban J connectivity index is 1.90. The summed E-state index contributed by atoms with van der Waals surface area (Å²) in [5.41, 5.74) is 1.25. The zero-order valence-corrected chi connectivity index (χ0v) is 11.4. The van der Waals surface area contributed by atoms with Crippen LogP contribution >= 0.6 is 11.6 Å². The maximum absolute atomic E-state index is 5.89. The first kappa shape index (κ1) is 13.1. The lowest BCUT2D eigenvalue weighted by Gasteiger charge is -2.20. The fraction of sp³-hybridized carbons (Fsp3) is 0.357. The van der Waals surface area contributed by atoms with Crippen molar-refractivity contribution in [1.82, 2.24) is 14.9 Å². The number of aromatic nitrogens is 2. The Morgan fingerprint density at radius 1 is 1.28 bits per heavy atom. The molecule has 1 N–H and O–H groups in total. The largest absolute Gasteiger partial charge is 0.336 e. The highest BCUT2D eigenvalue weighted by Crippen LogP contribution is 2.16. The van der Waals surface area contributed by atoms with Crippen molar-refractivity contribution >= 4 is 11.6 Å². The van der Waals surface area contributed by atoms with E-state index in [-0.39, 0.29) is 0 Å². The summed E-state index contributed by atoms with van der Waals surface area (Å²) in [5.74, 6) is 0. The van der Waals surface area contributed by atoms with Crippen LogP contribution in [0.2, 0.25) is 5.02 Å². The van der Waals surface area contributed by atoms with Crippen LogP contribution in [0.3, 0.4) is 0 Å². The fourth-order valence-electron chi connectivity index (χ4n) is 2.04. The molecular formula is C14H18ClN3. The Hall–Kier alpha value is -1.32. The average Bonchev–Trinajstić information content (AvgIpc) is 2.82. The molecule has 0 fully saturated rings. The van der Waals surface area contributed by atoms with E-state index in [1.54, 1.807) is 6.20 Å². The minimum atomic E-state index is 0.306. The molecule has 0 amide bonds. The van der Waals surface area contributed by atoms with Crippen molar-refractivity contribution in [2.24, 2.45) is 0 Å². The SMILES string of the molecule is CC(Cn1ccnc1)NC(C)c1ccc(Cl)cc1. The molecule has 96 valence electrons. The molecule has 1 heterocycles. The number of benzene rings is 1. The van der Waals surface area contributed by atoms with Gasteiger partial charge in [-0.15, -0.1) is 0 Å². The lowest BCUT2D eigenvalue weighted by atomic mass is 10.1. The van der Waals surface area contributed by atoms with Gasteiger partial charge in [-0.25, -0.2) is 4.98 Å². The van der Waals surface area contributed by atoms with Crippen LogP contribution < -0.4 is 5.32 Å². The Morgan fingerprint density at radius 2 is 2.00 bits per heavy atom. The molecular weight excluding hydrogens is 246 g/mol. The van der Waals surface area contributed by atoms with Crippen LogP contribution in [0.15, 0.2) is 43.0 Å². The number of rotatable bonds is 5. The Kier molecular flexibility index (Phi) is 4.39. The van der Waals surface area contributed by atoms with E-state index in [9.17, 15) is 0 Å². The van der Waals surface area contributed by atoms with Gasteiger partial charge >= 0.3 is 0 Å². The molecule has 0 bridgehead atoms. The topological polar surface area (TPSA) is 29.9 Å². The zero-order valence-electron chi connectivity index (χ0n) is 10.7. The van der Waals surface area contributed by atoms with Crippen molar-refractivity contribution in [2.75, 3.05) is 0 Å². The quantitative estimate of drug-likeness (QED) is 0.897. The highest BCUT2D eigenvalue weighted by molar-refractivity contribution is 6.30. The fourth-order valence-corrected chi connectivity index (χ4v) is 2.16. The maximum Gasteiger partial charge on any atom is 0.0946 e. The van der Waals surface area contributed by atoms with Crippen LogP contribution in [0.1, 0.15) is 25.5 Å². The third kappa shape index (κ3) is 3.59. The smallest absolute Gasteiger partial charge is 0.0946 e. The molecule has 0 saturated heterocycles. The van der Waals surface area contributed by atoms with Gasteiger partial charge in [0.15, 0.2) is 0 Å². The van der Waals surface area contributed by atoms with Crippen molar-refractivity contribution in [3.63, 3.8) is 0 Å². The zero-order chi connectivity index (χ0) is 13.0. The predicted octanol–water partition coefficient (Wildman–Crippen LogP) is 3.28. The monoisotopic (exact) mass is 263 g/mol. The van der Waals surface area contributed by atoms with Gasteiger partial charge in [-0.05, 0) is 31.5 Å². The molecule has 1 aromatic carbocycles. The van der Waals surface area contributed by atoms with Gasteiger partial charge in [0, 0.05) is 36.0 Å². The summed E-state index contributed by atoms with van der Waals surface area (Å²) in [6, 6.07) is 8.66. The molecule has 0 aliphatic heterocycles. The third-order valence-electron chi connectivity index (χ3n) is 2.95. The average molecular weight is 264 g/mol. The molecule has 0 spiro atoms. The highest BCUT2D eigenvalue weighted by Gasteiger charge is 2.09. The van der Waals surface area contributed by atoms with Crippen LogP contribution in [0.5, 0.6) is 0 Å². The molecule has 3 nitrogen and oxygen atoms in total. The van der Waals surface area contributed by atoms with Crippen molar-refractivity contribution in [2.45, 2.75) is 32.5 Å².